The smallest absolute Gasteiger partial charge is 0.247 e. The zero-order valence-electron chi connectivity index (χ0n) is 19.4. The standard InChI is InChI=1S/C26H25FN6OS/c1-16-5-7-17(8-6-16)24-31-32-25(34-24)18-9-12-33(13-10-18)26-29-21-11-14-35-22(21)23(30-26)28-20-4-2-3-19(27)15-20/h2-8,15,18H,9-14H2,1H3,(H,28,29,30). The van der Waals surface area contributed by atoms with Gasteiger partial charge in [0.05, 0.1) is 10.6 Å². The van der Waals surface area contributed by atoms with Gasteiger partial charge in [0.15, 0.2) is 0 Å². The first-order valence-electron chi connectivity index (χ1n) is 11.8. The zero-order valence-corrected chi connectivity index (χ0v) is 20.2. The van der Waals surface area contributed by atoms with E-state index in [1.165, 1.54) is 17.7 Å². The highest BCUT2D eigenvalue weighted by atomic mass is 32.2. The molecule has 0 amide bonds. The van der Waals surface area contributed by atoms with Crippen molar-refractivity contribution in [1.29, 1.82) is 0 Å². The lowest BCUT2D eigenvalue weighted by molar-refractivity contribution is 0.396. The first kappa shape index (κ1) is 22.0. The number of anilines is 3. The number of benzene rings is 2. The third kappa shape index (κ3) is 4.60. The second-order valence-corrected chi connectivity index (χ2v) is 10.1. The predicted octanol–water partition coefficient (Wildman–Crippen LogP) is 5.75. The van der Waals surface area contributed by atoms with Crippen LogP contribution in [0.15, 0.2) is 57.8 Å². The fraction of sp³-hybridized carbons (Fsp3) is 0.308. The number of piperidine rings is 1. The summed E-state index contributed by atoms with van der Waals surface area (Å²) in [7, 11) is 0. The topological polar surface area (TPSA) is 80.0 Å². The Kier molecular flexibility index (Phi) is 5.85. The number of halogens is 1. The molecule has 2 aromatic heterocycles. The molecule has 0 bridgehead atoms. The van der Waals surface area contributed by atoms with Crippen molar-refractivity contribution in [3.8, 4) is 11.5 Å². The fourth-order valence-corrected chi connectivity index (χ4v) is 5.57. The number of hydrogen-bond donors (Lipinski definition) is 1. The van der Waals surface area contributed by atoms with Crippen molar-refractivity contribution in [1.82, 2.24) is 20.2 Å². The minimum atomic E-state index is -0.276. The Morgan fingerprint density at radius 3 is 2.69 bits per heavy atom. The molecule has 2 aromatic carbocycles. The molecule has 9 heteroatoms. The minimum Gasteiger partial charge on any atom is -0.420 e. The molecule has 0 spiro atoms. The maximum Gasteiger partial charge on any atom is 0.247 e. The largest absolute Gasteiger partial charge is 0.420 e. The molecule has 4 heterocycles. The van der Waals surface area contributed by atoms with Crippen LogP contribution >= 0.6 is 11.8 Å². The lowest BCUT2D eigenvalue weighted by Gasteiger charge is -2.31. The highest BCUT2D eigenvalue weighted by Gasteiger charge is 2.28. The van der Waals surface area contributed by atoms with Gasteiger partial charge in [0, 0.05) is 42.4 Å². The Labute approximate surface area is 207 Å². The number of rotatable bonds is 5. The van der Waals surface area contributed by atoms with Gasteiger partial charge < -0.3 is 14.6 Å². The third-order valence-corrected chi connectivity index (χ3v) is 7.59. The monoisotopic (exact) mass is 488 g/mol. The SMILES string of the molecule is Cc1ccc(-c2nnc(C3CCN(c4nc5c(c(Nc6cccc(F)c6)n4)SCC5)CC3)o2)cc1. The lowest BCUT2D eigenvalue weighted by atomic mass is 9.97. The van der Waals surface area contributed by atoms with Gasteiger partial charge in [0.25, 0.3) is 0 Å². The average molecular weight is 489 g/mol. The Morgan fingerprint density at radius 1 is 1.06 bits per heavy atom. The lowest BCUT2D eigenvalue weighted by Crippen LogP contribution is -2.34. The first-order valence-corrected chi connectivity index (χ1v) is 12.8. The molecule has 0 aliphatic carbocycles. The molecule has 1 N–H and O–H groups in total. The number of aromatic nitrogens is 4. The van der Waals surface area contributed by atoms with E-state index in [4.69, 9.17) is 14.4 Å². The second kappa shape index (κ2) is 9.30. The van der Waals surface area contributed by atoms with Gasteiger partial charge in [0.1, 0.15) is 11.6 Å². The molecule has 2 aliphatic rings. The van der Waals surface area contributed by atoms with Gasteiger partial charge in [-0.3, -0.25) is 0 Å². The number of nitrogens with one attached hydrogen (secondary N) is 1. The maximum absolute atomic E-state index is 13.7. The van der Waals surface area contributed by atoms with Crippen molar-refractivity contribution in [2.75, 3.05) is 29.1 Å². The van der Waals surface area contributed by atoms with Crippen LogP contribution in [0.1, 0.15) is 35.9 Å². The molecule has 0 atom stereocenters. The Morgan fingerprint density at radius 2 is 1.89 bits per heavy atom. The van der Waals surface area contributed by atoms with E-state index in [-0.39, 0.29) is 11.7 Å². The molecule has 4 aromatic rings. The van der Waals surface area contributed by atoms with Gasteiger partial charge in [-0.05, 0) is 50.1 Å². The Hall–Kier alpha value is -3.46. The van der Waals surface area contributed by atoms with Crippen LogP contribution in [0, 0.1) is 12.7 Å². The summed E-state index contributed by atoms with van der Waals surface area (Å²) < 4.78 is 19.7. The molecule has 7 nitrogen and oxygen atoms in total. The van der Waals surface area contributed by atoms with Crippen LogP contribution in [0.25, 0.3) is 11.5 Å². The number of hydrogen-bond acceptors (Lipinski definition) is 8. The summed E-state index contributed by atoms with van der Waals surface area (Å²) in [6.07, 6.45) is 2.68. The van der Waals surface area contributed by atoms with Crippen LogP contribution in [0.5, 0.6) is 0 Å². The van der Waals surface area contributed by atoms with Crippen molar-refractivity contribution >= 4 is 29.2 Å². The van der Waals surface area contributed by atoms with Crippen LogP contribution in [0.4, 0.5) is 21.8 Å². The molecule has 2 aliphatic heterocycles. The molecular formula is C26H25FN6OS. The first-order chi connectivity index (χ1) is 17.1. The van der Waals surface area contributed by atoms with Crippen molar-refractivity contribution in [2.45, 2.75) is 37.0 Å². The van der Waals surface area contributed by atoms with E-state index < -0.39 is 0 Å². The van der Waals surface area contributed by atoms with E-state index in [2.05, 4.69) is 27.3 Å². The molecule has 35 heavy (non-hydrogen) atoms. The molecule has 0 saturated carbocycles. The molecule has 0 unspecified atom stereocenters. The van der Waals surface area contributed by atoms with Gasteiger partial charge in [0.2, 0.25) is 17.7 Å². The van der Waals surface area contributed by atoms with Crippen molar-refractivity contribution < 1.29 is 8.81 Å². The number of aryl methyl sites for hydroxylation is 2. The van der Waals surface area contributed by atoms with E-state index in [0.717, 1.165) is 66.0 Å². The maximum atomic E-state index is 13.7. The van der Waals surface area contributed by atoms with Crippen molar-refractivity contribution in [2.24, 2.45) is 0 Å². The molecule has 178 valence electrons. The third-order valence-electron chi connectivity index (χ3n) is 6.46. The molecule has 1 fully saturated rings. The van der Waals surface area contributed by atoms with Crippen LogP contribution in [-0.2, 0) is 6.42 Å². The summed E-state index contributed by atoms with van der Waals surface area (Å²) in [6, 6.07) is 14.6. The summed E-state index contributed by atoms with van der Waals surface area (Å²) in [5.74, 6) is 3.65. The normalized spacial score (nSPS) is 15.9. The predicted molar refractivity (Wildman–Crippen MR) is 135 cm³/mol. The van der Waals surface area contributed by atoms with Gasteiger partial charge in [-0.2, -0.15) is 4.98 Å². The van der Waals surface area contributed by atoms with Crippen molar-refractivity contribution in [3.63, 3.8) is 0 Å². The number of fused-ring (bicyclic) bond motifs is 1. The molecular weight excluding hydrogens is 463 g/mol. The van der Waals surface area contributed by atoms with Gasteiger partial charge in [-0.1, -0.05) is 23.8 Å². The van der Waals surface area contributed by atoms with Crippen LogP contribution < -0.4 is 10.2 Å². The Bertz CT molecular complexity index is 1350. The summed E-state index contributed by atoms with van der Waals surface area (Å²) in [4.78, 5) is 13.0. The summed E-state index contributed by atoms with van der Waals surface area (Å²) in [5.41, 5.74) is 3.88. The zero-order chi connectivity index (χ0) is 23.8. The quantitative estimate of drug-likeness (QED) is 0.380. The summed E-state index contributed by atoms with van der Waals surface area (Å²) in [6.45, 7) is 3.66. The second-order valence-electron chi connectivity index (χ2n) is 8.95. The highest BCUT2D eigenvalue weighted by Crippen LogP contribution is 2.39. The summed E-state index contributed by atoms with van der Waals surface area (Å²) in [5, 5.41) is 11.9. The Balaban J connectivity index is 1.17. The van der Waals surface area contributed by atoms with Crippen LogP contribution in [0.3, 0.4) is 0 Å². The number of thioether (sulfide) groups is 1. The molecule has 0 radical (unpaired) electrons. The fourth-order valence-electron chi connectivity index (χ4n) is 4.52. The summed E-state index contributed by atoms with van der Waals surface area (Å²) >= 11 is 1.74. The van der Waals surface area contributed by atoms with Crippen molar-refractivity contribution in [3.05, 3.63) is 71.5 Å². The number of nitrogens with zero attached hydrogens (tertiary/aromatic N) is 5. The highest BCUT2D eigenvalue weighted by molar-refractivity contribution is 7.99. The van der Waals surface area contributed by atoms with E-state index in [1.807, 2.05) is 30.3 Å². The van der Waals surface area contributed by atoms with E-state index in [9.17, 15) is 4.39 Å². The van der Waals surface area contributed by atoms with E-state index in [1.54, 1.807) is 17.8 Å². The van der Waals surface area contributed by atoms with Gasteiger partial charge in [-0.25, -0.2) is 9.37 Å². The van der Waals surface area contributed by atoms with Gasteiger partial charge >= 0.3 is 0 Å². The minimum absolute atomic E-state index is 0.216. The van der Waals surface area contributed by atoms with E-state index in [0.29, 0.717) is 17.5 Å². The van der Waals surface area contributed by atoms with Crippen LogP contribution in [0.2, 0.25) is 0 Å². The average Bonchev–Trinajstić information content (AvgIpc) is 3.55. The van der Waals surface area contributed by atoms with E-state index >= 15 is 0 Å². The molecule has 1 saturated heterocycles. The van der Waals surface area contributed by atoms with Crippen LogP contribution in [-0.4, -0.2) is 39.0 Å². The molecule has 6 rings (SSSR count). The van der Waals surface area contributed by atoms with Gasteiger partial charge in [-0.15, -0.1) is 22.0 Å².